The lowest BCUT2D eigenvalue weighted by atomic mass is 10.0. The third kappa shape index (κ3) is 7.56. The zero-order valence-electron chi connectivity index (χ0n) is 22.8. The average Bonchev–Trinajstić information content (AvgIpc) is 2.93. The van der Waals surface area contributed by atoms with Gasteiger partial charge in [-0.1, -0.05) is 19.9 Å². The number of rotatable bonds is 9. The first-order chi connectivity index (χ1) is 19.0. The monoisotopic (exact) mass is 612 g/mol. The van der Waals surface area contributed by atoms with Gasteiger partial charge in [-0.3, -0.25) is 4.90 Å². The first kappa shape index (κ1) is 30.8. The summed E-state index contributed by atoms with van der Waals surface area (Å²) in [4.78, 5) is 4.05. The summed E-state index contributed by atoms with van der Waals surface area (Å²) in [6, 6.07) is 8.30. The Labute approximate surface area is 242 Å². The molecular formula is C27H37FN4O5S3. The molecule has 9 nitrogen and oxygen atoms in total. The number of nitrogens with zero attached hydrogens (tertiary/aromatic N) is 2. The summed E-state index contributed by atoms with van der Waals surface area (Å²) in [7, 11) is -8.07. The maximum atomic E-state index is 13.6. The number of halogens is 1. The maximum Gasteiger partial charge on any atom is 0.241 e. The van der Waals surface area contributed by atoms with Crippen LogP contribution in [0.5, 0.6) is 0 Å². The van der Waals surface area contributed by atoms with E-state index < -0.39 is 25.7 Å². The van der Waals surface area contributed by atoms with E-state index in [1.165, 1.54) is 24.3 Å². The van der Waals surface area contributed by atoms with Crippen LogP contribution in [0.25, 0.3) is 0 Å². The Kier molecular flexibility index (Phi) is 10.2. The van der Waals surface area contributed by atoms with E-state index in [0.717, 1.165) is 51.5 Å². The molecule has 2 aliphatic rings. The number of thiocarbonyl (C=S) groups is 1. The highest BCUT2D eigenvalue weighted by atomic mass is 32.2. The van der Waals surface area contributed by atoms with Crippen LogP contribution in [0.3, 0.4) is 0 Å². The highest BCUT2D eigenvalue weighted by molar-refractivity contribution is 7.91. The molecule has 2 heterocycles. The molecule has 0 aromatic heterocycles. The highest BCUT2D eigenvalue weighted by Crippen LogP contribution is 2.30. The summed E-state index contributed by atoms with van der Waals surface area (Å²) in [5, 5.41) is 3.97. The van der Waals surface area contributed by atoms with Gasteiger partial charge in [-0.15, -0.1) is 0 Å². The molecule has 2 aromatic rings. The summed E-state index contributed by atoms with van der Waals surface area (Å²) in [5.74, 6) is -0.714. The van der Waals surface area contributed by atoms with Crippen LogP contribution >= 0.6 is 12.2 Å². The number of morpholine rings is 1. The van der Waals surface area contributed by atoms with Crippen LogP contribution in [0.4, 0.5) is 4.39 Å². The number of nitrogens with one attached hydrogen (secondary N) is 2. The van der Waals surface area contributed by atoms with E-state index in [2.05, 4.69) is 19.8 Å². The second-order valence-corrected chi connectivity index (χ2v) is 14.4. The molecule has 220 valence electrons. The Hall–Kier alpha value is -2.16. The fourth-order valence-electron chi connectivity index (χ4n) is 4.88. The largest absolute Gasteiger partial charge is 0.379 e. The Balaban J connectivity index is 1.40. The number of sulfone groups is 1. The fourth-order valence-corrected chi connectivity index (χ4v) is 8.23. The van der Waals surface area contributed by atoms with Gasteiger partial charge in [0.15, 0.2) is 5.11 Å². The number of likely N-dealkylation sites (tertiary alicyclic amines) is 1. The molecule has 2 N–H and O–H groups in total. The van der Waals surface area contributed by atoms with Gasteiger partial charge >= 0.3 is 0 Å². The SMILES string of the molecule is CC(C)c1ccc(S(=O)(=O)c2ccc(F)cc2)cc1S(=O)(=O)NC1CCN(C(=S)NCCN2CCOCC2)CC1. The van der Waals surface area contributed by atoms with E-state index in [0.29, 0.717) is 36.6 Å². The first-order valence-corrected chi connectivity index (χ1v) is 16.8. The van der Waals surface area contributed by atoms with E-state index in [9.17, 15) is 21.2 Å². The molecule has 0 aliphatic carbocycles. The smallest absolute Gasteiger partial charge is 0.241 e. The predicted molar refractivity (Wildman–Crippen MR) is 155 cm³/mol. The van der Waals surface area contributed by atoms with Crippen LogP contribution < -0.4 is 10.0 Å². The molecule has 0 spiro atoms. The lowest BCUT2D eigenvalue weighted by Crippen LogP contribution is -2.50. The van der Waals surface area contributed by atoms with Crippen molar-refractivity contribution in [2.45, 2.75) is 53.3 Å². The number of benzene rings is 2. The average molecular weight is 613 g/mol. The Morgan fingerprint density at radius 1 is 1.00 bits per heavy atom. The number of piperidine rings is 1. The zero-order chi connectivity index (χ0) is 28.9. The number of ether oxygens (including phenoxy) is 1. The van der Waals surface area contributed by atoms with Crippen molar-refractivity contribution in [1.29, 1.82) is 0 Å². The summed E-state index contributed by atoms with van der Waals surface area (Å²) < 4.78 is 75.1. The molecule has 0 radical (unpaired) electrons. The third-order valence-corrected chi connectivity index (χ3v) is 11.0. The topological polar surface area (TPSA) is 108 Å². The second-order valence-electron chi connectivity index (χ2n) is 10.4. The lowest BCUT2D eigenvalue weighted by molar-refractivity contribution is 0.0388. The second kappa shape index (κ2) is 13.2. The molecule has 4 rings (SSSR count). The minimum atomic E-state index is -4.04. The summed E-state index contributed by atoms with van der Waals surface area (Å²) in [6.07, 6.45) is 1.13. The van der Waals surface area contributed by atoms with Crippen LogP contribution in [-0.2, 0) is 24.6 Å². The van der Waals surface area contributed by atoms with Crippen molar-refractivity contribution < 1.29 is 26.0 Å². The van der Waals surface area contributed by atoms with Crippen LogP contribution in [0.2, 0.25) is 0 Å². The summed E-state index contributed by atoms with van der Waals surface area (Å²) in [5.41, 5.74) is 0.522. The molecule has 0 bridgehead atoms. The molecule has 0 unspecified atom stereocenters. The van der Waals surface area contributed by atoms with Crippen LogP contribution in [0.1, 0.15) is 38.2 Å². The fraction of sp³-hybridized carbons (Fsp3) is 0.519. The van der Waals surface area contributed by atoms with Crippen molar-refractivity contribution in [3.63, 3.8) is 0 Å². The molecule has 2 saturated heterocycles. The van der Waals surface area contributed by atoms with Crippen molar-refractivity contribution in [3.8, 4) is 0 Å². The molecular weight excluding hydrogens is 576 g/mol. The van der Waals surface area contributed by atoms with E-state index in [1.54, 1.807) is 6.07 Å². The number of sulfonamides is 1. The van der Waals surface area contributed by atoms with E-state index in [4.69, 9.17) is 17.0 Å². The third-order valence-electron chi connectivity index (χ3n) is 7.24. The quantitative estimate of drug-likeness (QED) is 0.327. The van der Waals surface area contributed by atoms with Gasteiger partial charge in [0.2, 0.25) is 19.9 Å². The molecule has 0 atom stereocenters. The van der Waals surface area contributed by atoms with Crippen LogP contribution in [0.15, 0.2) is 57.2 Å². The minimum Gasteiger partial charge on any atom is -0.379 e. The summed E-state index contributed by atoms with van der Waals surface area (Å²) in [6.45, 7) is 9.87. The van der Waals surface area contributed by atoms with E-state index >= 15 is 0 Å². The van der Waals surface area contributed by atoms with Crippen LogP contribution in [-0.4, -0.2) is 90.3 Å². The van der Waals surface area contributed by atoms with Gasteiger partial charge in [0, 0.05) is 45.3 Å². The van der Waals surface area contributed by atoms with Crippen LogP contribution in [0, 0.1) is 5.82 Å². The normalized spacial score (nSPS) is 17.8. The van der Waals surface area contributed by atoms with E-state index in [-0.39, 0.29) is 26.6 Å². The number of hydrogen-bond donors (Lipinski definition) is 2. The molecule has 2 fully saturated rings. The lowest BCUT2D eigenvalue weighted by Gasteiger charge is -2.34. The van der Waals surface area contributed by atoms with Crippen molar-refractivity contribution in [2.24, 2.45) is 0 Å². The Bertz CT molecular complexity index is 1390. The van der Waals surface area contributed by atoms with Crippen molar-refractivity contribution in [1.82, 2.24) is 19.8 Å². The standard InChI is InChI=1S/C27H37FN4O5S3/c1-20(2)25-8-7-24(39(33,34)23-5-3-21(28)4-6-23)19-26(25)40(35,36)30-22-9-12-32(13-10-22)27(38)29-11-14-31-15-17-37-18-16-31/h3-8,19-20,22,30H,9-18H2,1-2H3,(H,29,38). The van der Waals surface area contributed by atoms with E-state index in [1.807, 2.05) is 13.8 Å². The zero-order valence-corrected chi connectivity index (χ0v) is 25.3. The number of hydrogen-bond acceptors (Lipinski definition) is 7. The molecule has 2 aliphatic heterocycles. The Morgan fingerprint density at radius 3 is 2.25 bits per heavy atom. The van der Waals surface area contributed by atoms with Gasteiger partial charge in [0.05, 0.1) is 27.9 Å². The van der Waals surface area contributed by atoms with Gasteiger partial charge in [-0.05, 0) is 72.9 Å². The molecule has 0 saturated carbocycles. The molecule has 2 aromatic carbocycles. The van der Waals surface area contributed by atoms with Gasteiger partial charge in [-0.2, -0.15) is 0 Å². The molecule has 13 heteroatoms. The highest BCUT2D eigenvalue weighted by Gasteiger charge is 2.29. The van der Waals surface area contributed by atoms with Gasteiger partial charge < -0.3 is 15.0 Å². The predicted octanol–water partition coefficient (Wildman–Crippen LogP) is 2.73. The van der Waals surface area contributed by atoms with Crippen molar-refractivity contribution in [3.05, 3.63) is 53.8 Å². The summed E-state index contributed by atoms with van der Waals surface area (Å²) >= 11 is 5.56. The maximum absolute atomic E-state index is 13.6. The van der Waals surface area contributed by atoms with Gasteiger partial charge in [0.25, 0.3) is 0 Å². The minimum absolute atomic E-state index is 0.0617. The Morgan fingerprint density at radius 2 is 1.62 bits per heavy atom. The van der Waals surface area contributed by atoms with Crippen molar-refractivity contribution in [2.75, 3.05) is 52.5 Å². The molecule has 40 heavy (non-hydrogen) atoms. The first-order valence-electron chi connectivity index (χ1n) is 13.5. The molecule has 0 amide bonds. The van der Waals surface area contributed by atoms with Gasteiger partial charge in [-0.25, -0.2) is 25.9 Å². The van der Waals surface area contributed by atoms with Gasteiger partial charge in [0.1, 0.15) is 5.82 Å². The van der Waals surface area contributed by atoms with Crippen molar-refractivity contribution >= 4 is 37.2 Å².